The first-order valence-electron chi connectivity index (χ1n) is 6.80. The number of nitrogens with one attached hydrogen (secondary N) is 2. The number of carbonyl (C=O) groups is 1. The van der Waals surface area contributed by atoms with Crippen molar-refractivity contribution in [2.24, 2.45) is 0 Å². The van der Waals surface area contributed by atoms with Gasteiger partial charge in [-0.15, -0.1) is 11.3 Å². The molecule has 5 nitrogen and oxygen atoms in total. The number of benzene rings is 1. The number of aromatic amines is 1. The summed E-state index contributed by atoms with van der Waals surface area (Å²) in [5.41, 5.74) is 1.15. The number of hydrogen-bond donors (Lipinski definition) is 2. The lowest BCUT2D eigenvalue weighted by atomic mass is 10.3. The van der Waals surface area contributed by atoms with Crippen molar-refractivity contribution in [1.82, 2.24) is 9.97 Å². The molecule has 0 aliphatic rings. The monoisotopic (exact) mass is 399 g/mol. The maximum atomic E-state index is 12.1. The zero-order chi connectivity index (χ0) is 17.3. The molecule has 9 heteroatoms. The van der Waals surface area contributed by atoms with E-state index in [0.29, 0.717) is 31.1 Å². The average molecular weight is 400 g/mol. The molecule has 0 radical (unpaired) electrons. The van der Waals surface area contributed by atoms with Crippen LogP contribution in [-0.4, -0.2) is 21.6 Å². The molecule has 2 heterocycles. The van der Waals surface area contributed by atoms with Gasteiger partial charge in [0.05, 0.1) is 26.9 Å². The number of aryl methyl sites for hydroxylation is 1. The second kappa shape index (κ2) is 7.14. The van der Waals surface area contributed by atoms with Crippen molar-refractivity contribution in [1.29, 1.82) is 0 Å². The number of hydrogen-bond acceptors (Lipinski definition) is 5. The Hall–Kier alpha value is -1.54. The average Bonchev–Trinajstić information content (AvgIpc) is 2.91. The Morgan fingerprint density at radius 1 is 1.42 bits per heavy atom. The molecule has 3 rings (SSSR count). The van der Waals surface area contributed by atoms with Gasteiger partial charge in [-0.05, 0) is 30.0 Å². The van der Waals surface area contributed by atoms with E-state index in [1.54, 1.807) is 18.2 Å². The van der Waals surface area contributed by atoms with Gasteiger partial charge < -0.3 is 10.3 Å². The lowest BCUT2D eigenvalue weighted by Crippen LogP contribution is -2.15. The fraction of sp³-hybridized carbons (Fsp3) is 0.133. The molecular formula is C15H11Cl2N3O2S2. The first-order valence-corrected chi connectivity index (χ1v) is 9.42. The molecule has 0 atom stereocenters. The lowest BCUT2D eigenvalue weighted by Gasteiger charge is -2.07. The number of halogens is 2. The summed E-state index contributed by atoms with van der Waals surface area (Å²) in [7, 11) is 0. The zero-order valence-corrected chi connectivity index (χ0v) is 15.5. The van der Waals surface area contributed by atoms with Crippen LogP contribution in [0.1, 0.15) is 5.56 Å². The molecule has 24 heavy (non-hydrogen) atoms. The molecular weight excluding hydrogens is 389 g/mol. The van der Waals surface area contributed by atoms with E-state index in [1.165, 1.54) is 11.3 Å². The molecule has 0 spiro atoms. The number of thioether (sulfide) groups is 1. The van der Waals surface area contributed by atoms with Gasteiger partial charge in [0.2, 0.25) is 5.91 Å². The van der Waals surface area contributed by atoms with Crippen LogP contribution in [0.4, 0.5) is 5.69 Å². The molecule has 1 amide bonds. The molecule has 0 aliphatic heterocycles. The Labute approximate surface area is 155 Å². The summed E-state index contributed by atoms with van der Waals surface area (Å²) in [6.45, 7) is 1.87. The van der Waals surface area contributed by atoms with Crippen molar-refractivity contribution in [3.8, 4) is 0 Å². The molecule has 2 aromatic heterocycles. The maximum Gasteiger partial charge on any atom is 0.260 e. The Bertz CT molecular complexity index is 984. The van der Waals surface area contributed by atoms with Gasteiger partial charge in [-0.25, -0.2) is 4.98 Å². The molecule has 124 valence electrons. The first-order chi connectivity index (χ1) is 11.5. The number of carbonyl (C=O) groups excluding carboxylic acids is 1. The Balaban J connectivity index is 1.70. The summed E-state index contributed by atoms with van der Waals surface area (Å²) in [4.78, 5) is 31.8. The summed E-state index contributed by atoms with van der Waals surface area (Å²) < 4.78 is 0. The van der Waals surface area contributed by atoms with Gasteiger partial charge in [-0.2, -0.15) is 0 Å². The predicted molar refractivity (Wildman–Crippen MR) is 101 cm³/mol. The van der Waals surface area contributed by atoms with Crippen molar-refractivity contribution in [3.63, 3.8) is 0 Å². The van der Waals surface area contributed by atoms with E-state index >= 15 is 0 Å². The number of anilines is 1. The normalized spacial score (nSPS) is 11.0. The number of amides is 1. The van der Waals surface area contributed by atoms with E-state index in [2.05, 4.69) is 15.3 Å². The van der Waals surface area contributed by atoms with Crippen molar-refractivity contribution in [2.75, 3.05) is 11.1 Å². The molecule has 0 fully saturated rings. The fourth-order valence-electron chi connectivity index (χ4n) is 2.06. The van der Waals surface area contributed by atoms with Gasteiger partial charge in [-0.1, -0.05) is 41.0 Å². The number of rotatable bonds is 4. The Morgan fingerprint density at radius 2 is 2.21 bits per heavy atom. The SMILES string of the molecule is Cc1csc2nc(SCC(=O)Nc3cccc(Cl)c3Cl)[nH]c(=O)c12. The van der Waals surface area contributed by atoms with E-state index in [-0.39, 0.29) is 17.2 Å². The minimum Gasteiger partial charge on any atom is -0.324 e. The van der Waals surface area contributed by atoms with Gasteiger partial charge in [0.1, 0.15) is 4.83 Å². The minimum atomic E-state index is -0.269. The molecule has 0 saturated heterocycles. The summed E-state index contributed by atoms with van der Waals surface area (Å²) in [5, 5.41) is 6.23. The third-order valence-corrected chi connectivity index (χ3v) is 5.85. The second-order valence-electron chi connectivity index (χ2n) is 4.91. The highest BCUT2D eigenvalue weighted by molar-refractivity contribution is 7.99. The van der Waals surface area contributed by atoms with Gasteiger partial charge in [0.25, 0.3) is 5.56 Å². The van der Waals surface area contributed by atoms with Crippen molar-refractivity contribution < 1.29 is 4.79 Å². The number of aromatic nitrogens is 2. The number of fused-ring (bicyclic) bond motifs is 1. The largest absolute Gasteiger partial charge is 0.324 e. The van der Waals surface area contributed by atoms with Gasteiger partial charge in [0.15, 0.2) is 5.16 Å². The minimum absolute atomic E-state index is 0.0850. The molecule has 1 aromatic carbocycles. The van der Waals surface area contributed by atoms with Crippen LogP contribution in [0.2, 0.25) is 10.0 Å². The van der Waals surface area contributed by atoms with Gasteiger partial charge >= 0.3 is 0 Å². The maximum absolute atomic E-state index is 12.1. The van der Waals surface area contributed by atoms with Crippen LogP contribution in [-0.2, 0) is 4.79 Å². The summed E-state index contributed by atoms with van der Waals surface area (Å²) in [6.07, 6.45) is 0. The highest BCUT2D eigenvalue weighted by atomic mass is 35.5. The van der Waals surface area contributed by atoms with Crippen molar-refractivity contribution in [3.05, 3.63) is 49.5 Å². The predicted octanol–water partition coefficient (Wildman–Crippen LogP) is 4.33. The van der Waals surface area contributed by atoms with Gasteiger partial charge in [-0.3, -0.25) is 9.59 Å². The third kappa shape index (κ3) is 3.59. The topological polar surface area (TPSA) is 74.8 Å². The molecule has 0 aliphatic carbocycles. The van der Waals surface area contributed by atoms with Gasteiger partial charge in [0, 0.05) is 0 Å². The number of H-pyrrole nitrogens is 1. The fourth-order valence-corrected chi connectivity index (χ4v) is 4.05. The number of thiophene rings is 1. The van der Waals surface area contributed by atoms with Crippen LogP contribution in [0.15, 0.2) is 33.5 Å². The van der Waals surface area contributed by atoms with E-state index in [4.69, 9.17) is 23.2 Å². The highest BCUT2D eigenvalue weighted by Crippen LogP contribution is 2.29. The van der Waals surface area contributed by atoms with E-state index in [9.17, 15) is 9.59 Å². The Morgan fingerprint density at radius 3 is 3.00 bits per heavy atom. The van der Waals surface area contributed by atoms with E-state index in [0.717, 1.165) is 17.3 Å². The molecule has 0 bridgehead atoms. The Kier molecular flexibility index (Phi) is 5.15. The lowest BCUT2D eigenvalue weighted by molar-refractivity contribution is -0.113. The standard InChI is InChI=1S/C15H11Cl2N3O2S2/c1-7-5-23-14-11(7)13(22)19-15(20-14)24-6-10(21)18-9-4-2-3-8(16)12(9)17/h2-5H,6H2,1H3,(H,18,21)(H,19,20,22). The molecule has 2 N–H and O–H groups in total. The van der Waals surface area contributed by atoms with Crippen LogP contribution < -0.4 is 10.9 Å². The third-order valence-electron chi connectivity index (χ3n) is 3.17. The van der Waals surface area contributed by atoms with Crippen LogP contribution >= 0.6 is 46.3 Å². The first kappa shape index (κ1) is 17.3. The molecule has 0 unspecified atom stereocenters. The van der Waals surface area contributed by atoms with E-state index in [1.807, 2.05) is 12.3 Å². The van der Waals surface area contributed by atoms with Crippen LogP contribution in [0.3, 0.4) is 0 Å². The zero-order valence-electron chi connectivity index (χ0n) is 12.4. The van der Waals surface area contributed by atoms with Crippen molar-refractivity contribution >= 4 is 68.1 Å². The summed E-state index contributed by atoms with van der Waals surface area (Å²) >= 11 is 14.5. The van der Waals surface area contributed by atoms with Crippen LogP contribution in [0.25, 0.3) is 10.2 Å². The summed E-state index contributed by atoms with van der Waals surface area (Å²) in [6, 6.07) is 5.00. The van der Waals surface area contributed by atoms with Crippen LogP contribution in [0.5, 0.6) is 0 Å². The van der Waals surface area contributed by atoms with Crippen LogP contribution in [0, 0.1) is 6.92 Å². The quantitative estimate of drug-likeness (QED) is 0.505. The number of nitrogens with zero attached hydrogens (tertiary/aromatic N) is 1. The van der Waals surface area contributed by atoms with E-state index < -0.39 is 0 Å². The molecule has 3 aromatic rings. The summed E-state index contributed by atoms with van der Waals surface area (Å²) in [5.74, 6) is -0.184. The smallest absolute Gasteiger partial charge is 0.260 e. The highest BCUT2D eigenvalue weighted by Gasteiger charge is 2.12. The second-order valence-corrected chi connectivity index (χ2v) is 7.52. The van der Waals surface area contributed by atoms with Crippen molar-refractivity contribution in [2.45, 2.75) is 12.1 Å². The molecule has 0 saturated carbocycles.